The molecule has 1 atom stereocenters. The molecule has 3 rings (SSSR count). The number of hydrogen-bond donors (Lipinski definition) is 1. The molecule has 3 aromatic rings. The van der Waals surface area contributed by atoms with Gasteiger partial charge in [0.25, 0.3) is 0 Å². The van der Waals surface area contributed by atoms with Crippen molar-refractivity contribution in [3.05, 3.63) is 84.4 Å². The zero-order valence-corrected chi connectivity index (χ0v) is 14.0. The number of para-hydroxylation sites is 1. The number of aryl methyl sites for hydroxylation is 1. The Hall–Kier alpha value is -2.63. The summed E-state index contributed by atoms with van der Waals surface area (Å²) in [5, 5.41) is 3.27. The SMILES string of the molecule is Cc1ccc(N(c2ccc(Nc3ccccc3)cc2)S(=O)[O-])cc1. The van der Waals surface area contributed by atoms with Gasteiger partial charge in [-0.3, -0.25) is 8.51 Å². The summed E-state index contributed by atoms with van der Waals surface area (Å²) < 4.78 is 24.6. The molecule has 1 unspecified atom stereocenters. The Balaban J connectivity index is 1.84. The molecule has 1 N–H and O–H groups in total. The third-order valence-corrected chi connectivity index (χ3v) is 4.30. The molecule has 0 fully saturated rings. The van der Waals surface area contributed by atoms with Crippen LogP contribution in [0, 0.1) is 6.92 Å². The molecule has 4 nitrogen and oxygen atoms in total. The third-order valence-electron chi connectivity index (χ3n) is 3.58. The number of hydrogen-bond acceptors (Lipinski definition) is 3. The van der Waals surface area contributed by atoms with Crippen LogP contribution < -0.4 is 9.62 Å². The van der Waals surface area contributed by atoms with E-state index in [0.29, 0.717) is 11.4 Å². The zero-order chi connectivity index (χ0) is 16.9. The number of rotatable bonds is 5. The van der Waals surface area contributed by atoms with Crippen LogP contribution in [0.5, 0.6) is 0 Å². The van der Waals surface area contributed by atoms with Crippen LogP contribution in [-0.2, 0) is 11.3 Å². The lowest BCUT2D eigenvalue weighted by atomic mass is 10.2. The standard InChI is InChI=1S/C19H18N2O2S/c1-15-7-11-18(12-8-15)21(24(22)23)19-13-9-17(10-14-19)20-16-5-3-2-4-6-16/h2-14,20H,1H3,(H,22,23)/p-1. The molecule has 0 heterocycles. The Morgan fingerprint density at radius 2 is 1.29 bits per heavy atom. The first-order valence-corrected chi connectivity index (χ1v) is 8.55. The predicted molar refractivity (Wildman–Crippen MR) is 98.4 cm³/mol. The van der Waals surface area contributed by atoms with E-state index in [4.69, 9.17) is 0 Å². The monoisotopic (exact) mass is 337 g/mol. The van der Waals surface area contributed by atoms with Gasteiger partial charge < -0.3 is 9.87 Å². The second kappa shape index (κ2) is 7.29. The molecule has 3 aromatic carbocycles. The highest BCUT2D eigenvalue weighted by molar-refractivity contribution is 7.81. The molecule has 24 heavy (non-hydrogen) atoms. The van der Waals surface area contributed by atoms with Crippen LogP contribution in [0.3, 0.4) is 0 Å². The highest BCUT2D eigenvalue weighted by Gasteiger charge is 2.10. The van der Waals surface area contributed by atoms with Gasteiger partial charge in [-0.05, 0) is 55.5 Å². The maximum atomic E-state index is 11.7. The smallest absolute Gasteiger partial charge is 0.0539 e. The highest BCUT2D eigenvalue weighted by Crippen LogP contribution is 2.28. The first-order chi connectivity index (χ1) is 11.6. The van der Waals surface area contributed by atoms with Crippen LogP contribution in [0.4, 0.5) is 22.7 Å². The first kappa shape index (κ1) is 16.2. The maximum absolute atomic E-state index is 11.7. The van der Waals surface area contributed by atoms with E-state index in [9.17, 15) is 8.76 Å². The molecule has 0 aliphatic rings. The van der Waals surface area contributed by atoms with Crippen LogP contribution >= 0.6 is 0 Å². The van der Waals surface area contributed by atoms with Crippen molar-refractivity contribution in [2.24, 2.45) is 0 Å². The first-order valence-electron chi connectivity index (χ1n) is 7.52. The minimum absolute atomic E-state index is 0.589. The molecule has 0 aliphatic heterocycles. The van der Waals surface area contributed by atoms with Crippen LogP contribution in [0.15, 0.2) is 78.9 Å². The van der Waals surface area contributed by atoms with Crippen molar-refractivity contribution >= 4 is 34.0 Å². The largest absolute Gasteiger partial charge is 0.755 e. The average molecular weight is 337 g/mol. The third kappa shape index (κ3) is 3.82. The van der Waals surface area contributed by atoms with E-state index < -0.39 is 11.3 Å². The fourth-order valence-electron chi connectivity index (χ4n) is 2.37. The second-order valence-electron chi connectivity index (χ2n) is 5.38. The Labute approximate surface area is 144 Å². The van der Waals surface area contributed by atoms with Gasteiger partial charge in [-0.25, -0.2) is 0 Å². The molecule has 0 amide bonds. The van der Waals surface area contributed by atoms with Crippen molar-refractivity contribution in [3.63, 3.8) is 0 Å². The summed E-state index contributed by atoms with van der Waals surface area (Å²) >= 11 is -2.39. The van der Waals surface area contributed by atoms with E-state index in [1.54, 1.807) is 24.3 Å². The summed E-state index contributed by atoms with van der Waals surface area (Å²) in [5.41, 5.74) is 4.15. The predicted octanol–water partition coefficient (Wildman–Crippen LogP) is 4.67. The summed E-state index contributed by atoms with van der Waals surface area (Å²) in [7, 11) is 0. The Morgan fingerprint density at radius 3 is 1.83 bits per heavy atom. The Kier molecular flexibility index (Phi) is 4.93. The summed E-state index contributed by atoms with van der Waals surface area (Å²) in [6.45, 7) is 1.96. The van der Waals surface area contributed by atoms with Crippen LogP contribution in [0.25, 0.3) is 0 Å². The van der Waals surface area contributed by atoms with Gasteiger partial charge in [-0.2, -0.15) is 0 Å². The van der Waals surface area contributed by atoms with E-state index >= 15 is 0 Å². The minimum Gasteiger partial charge on any atom is -0.755 e. The summed E-state index contributed by atoms with van der Waals surface area (Å²) in [5.74, 6) is 0. The lowest BCUT2D eigenvalue weighted by molar-refractivity contribution is 0.537. The minimum atomic E-state index is -2.39. The van der Waals surface area contributed by atoms with E-state index in [-0.39, 0.29) is 0 Å². The van der Waals surface area contributed by atoms with E-state index in [1.807, 2.05) is 61.5 Å². The van der Waals surface area contributed by atoms with Crippen LogP contribution in [-0.4, -0.2) is 8.76 Å². The molecule has 0 aliphatic carbocycles. The van der Waals surface area contributed by atoms with Crippen LogP contribution in [0.2, 0.25) is 0 Å². The van der Waals surface area contributed by atoms with Crippen LogP contribution in [0.1, 0.15) is 5.56 Å². The van der Waals surface area contributed by atoms with Crippen molar-refractivity contribution < 1.29 is 8.76 Å². The molecule has 5 heteroatoms. The number of nitrogens with one attached hydrogen (secondary N) is 1. The van der Waals surface area contributed by atoms with Gasteiger partial charge in [0.15, 0.2) is 0 Å². The maximum Gasteiger partial charge on any atom is 0.0539 e. The second-order valence-corrected chi connectivity index (χ2v) is 6.18. The van der Waals surface area contributed by atoms with Gasteiger partial charge in [-0.1, -0.05) is 35.9 Å². The highest BCUT2D eigenvalue weighted by atomic mass is 32.2. The quantitative estimate of drug-likeness (QED) is 0.688. The summed E-state index contributed by atoms with van der Waals surface area (Å²) in [4.78, 5) is 0. The lowest BCUT2D eigenvalue weighted by Crippen LogP contribution is -2.19. The van der Waals surface area contributed by atoms with Gasteiger partial charge in [0.05, 0.1) is 22.6 Å². The topological polar surface area (TPSA) is 55.4 Å². The average Bonchev–Trinajstić information content (AvgIpc) is 2.59. The van der Waals surface area contributed by atoms with Crippen molar-refractivity contribution in [2.75, 3.05) is 9.62 Å². The van der Waals surface area contributed by atoms with Gasteiger partial charge in [0.1, 0.15) is 0 Å². The number of anilines is 4. The zero-order valence-electron chi connectivity index (χ0n) is 13.2. The normalized spacial score (nSPS) is 11.8. The molecular weight excluding hydrogens is 320 g/mol. The molecular formula is C19H17N2O2S-. The molecule has 122 valence electrons. The Morgan fingerprint density at radius 1 is 0.792 bits per heavy atom. The molecule has 0 saturated carbocycles. The van der Waals surface area contributed by atoms with Crippen molar-refractivity contribution in [1.29, 1.82) is 0 Å². The molecule has 0 bridgehead atoms. The van der Waals surface area contributed by atoms with Crippen molar-refractivity contribution in [1.82, 2.24) is 0 Å². The van der Waals surface area contributed by atoms with E-state index in [2.05, 4.69) is 5.32 Å². The summed E-state index contributed by atoms with van der Waals surface area (Å²) in [6.07, 6.45) is 0. The van der Waals surface area contributed by atoms with Gasteiger partial charge >= 0.3 is 0 Å². The number of benzene rings is 3. The molecule has 0 radical (unpaired) electrons. The number of nitrogens with zero attached hydrogens (tertiary/aromatic N) is 1. The fraction of sp³-hybridized carbons (Fsp3) is 0.0526. The van der Waals surface area contributed by atoms with Crippen molar-refractivity contribution in [3.8, 4) is 0 Å². The summed E-state index contributed by atoms with van der Waals surface area (Å²) in [6, 6.07) is 24.4. The Bertz CT molecular complexity index is 818. The van der Waals surface area contributed by atoms with E-state index in [1.165, 1.54) is 4.31 Å². The molecule has 0 aromatic heterocycles. The van der Waals surface area contributed by atoms with Gasteiger partial charge in [0, 0.05) is 11.4 Å². The van der Waals surface area contributed by atoms with Gasteiger partial charge in [0.2, 0.25) is 0 Å². The van der Waals surface area contributed by atoms with Gasteiger partial charge in [-0.15, -0.1) is 0 Å². The molecule has 0 spiro atoms. The van der Waals surface area contributed by atoms with E-state index in [0.717, 1.165) is 16.9 Å². The fourth-order valence-corrected chi connectivity index (χ4v) is 2.96. The lowest BCUT2D eigenvalue weighted by Gasteiger charge is -2.26. The molecule has 0 saturated heterocycles. The van der Waals surface area contributed by atoms with Crippen molar-refractivity contribution in [2.45, 2.75) is 6.92 Å².